The van der Waals surface area contributed by atoms with Gasteiger partial charge >= 0.3 is 0 Å². The van der Waals surface area contributed by atoms with E-state index in [1.54, 1.807) is 7.11 Å². The highest BCUT2D eigenvalue weighted by molar-refractivity contribution is 4.79. The van der Waals surface area contributed by atoms with Crippen molar-refractivity contribution in [2.75, 3.05) is 33.4 Å². The zero-order valence-electron chi connectivity index (χ0n) is 11.3. The summed E-state index contributed by atoms with van der Waals surface area (Å²) in [7, 11) is 1.79. The van der Waals surface area contributed by atoms with Crippen molar-refractivity contribution in [3.05, 3.63) is 0 Å². The van der Waals surface area contributed by atoms with E-state index in [9.17, 15) is 0 Å². The van der Waals surface area contributed by atoms with Crippen molar-refractivity contribution >= 4 is 0 Å². The van der Waals surface area contributed by atoms with Crippen LogP contribution in [0, 0.1) is 5.92 Å². The standard InChI is InChI=1S/C13H28N2O/c1-5-15(12(3)10-16-4)9-13-6-7-14-11(2)8-13/h11-14H,5-10H2,1-4H3. The summed E-state index contributed by atoms with van der Waals surface area (Å²) in [6.07, 6.45) is 2.64. The van der Waals surface area contributed by atoms with Crippen molar-refractivity contribution < 1.29 is 4.74 Å². The molecular weight excluding hydrogens is 200 g/mol. The maximum atomic E-state index is 5.24. The normalized spacial score (nSPS) is 28.3. The average molecular weight is 228 g/mol. The molecule has 0 bridgehead atoms. The Morgan fingerprint density at radius 1 is 1.50 bits per heavy atom. The molecule has 96 valence electrons. The lowest BCUT2D eigenvalue weighted by Gasteiger charge is -2.35. The van der Waals surface area contributed by atoms with Gasteiger partial charge in [-0.2, -0.15) is 0 Å². The Hall–Kier alpha value is -0.120. The molecule has 3 heteroatoms. The second kappa shape index (κ2) is 7.25. The minimum Gasteiger partial charge on any atom is -0.383 e. The molecule has 0 saturated carbocycles. The van der Waals surface area contributed by atoms with Crippen LogP contribution in [0.1, 0.15) is 33.6 Å². The number of nitrogens with zero attached hydrogens (tertiary/aromatic N) is 1. The van der Waals surface area contributed by atoms with Gasteiger partial charge in [0.25, 0.3) is 0 Å². The van der Waals surface area contributed by atoms with Crippen LogP contribution in [-0.2, 0) is 4.74 Å². The summed E-state index contributed by atoms with van der Waals surface area (Å²) >= 11 is 0. The Kier molecular flexibility index (Phi) is 6.32. The first-order valence-electron chi connectivity index (χ1n) is 6.63. The van der Waals surface area contributed by atoms with E-state index in [1.165, 1.54) is 25.9 Å². The van der Waals surface area contributed by atoms with E-state index in [-0.39, 0.29) is 0 Å². The molecule has 1 aliphatic heterocycles. The molecule has 1 saturated heterocycles. The van der Waals surface area contributed by atoms with E-state index in [2.05, 4.69) is 31.0 Å². The smallest absolute Gasteiger partial charge is 0.0615 e. The highest BCUT2D eigenvalue weighted by Gasteiger charge is 2.22. The highest BCUT2D eigenvalue weighted by Crippen LogP contribution is 2.18. The molecule has 1 heterocycles. The molecule has 1 fully saturated rings. The van der Waals surface area contributed by atoms with Gasteiger partial charge in [-0.3, -0.25) is 4.90 Å². The van der Waals surface area contributed by atoms with Crippen molar-refractivity contribution in [1.29, 1.82) is 0 Å². The molecule has 1 N–H and O–H groups in total. The van der Waals surface area contributed by atoms with Crippen LogP contribution in [0.2, 0.25) is 0 Å². The monoisotopic (exact) mass is 228 g/mol. The minimum absolute atomic E-state index is 0.542. The average Bonchev–Trinajstić information content (AvgIpc) is 2.26. The summed E-state index contributed by atoms with van der Waals surface area (Å²) in [4.78, 5) is 2.55. The van der Waals surface area contributed by atoms with E-state index in [0.29, 0.717) is 12.1 Å². The van der Waals surface area contributed by atoms with Crippen LogP contribution in [0.4, 0.5) is 0 Å². The fraction of sp³-hybridized carbons (Fsp3) is 1.00. The largest absolute Gasteiger partial charge is 0.383 e. The Bertz CT molecular complexity index is 187. The molecule has 0 radical (unpaired) electrons. The van der Waals surface area contributed by atoms with Crippen LogP contribution in [0.25, 0.3) is 0 Å². The van der Waals surface area contributed by atoms with Crippen molar-refractivity contribution in [1.82, 2.24) is 10.2 Å². The molecule has 0 aromatic rings. The molecule has 0 spiro atoms. The fourth-order valence-corrected chi connectivity index (χ4v) is 2.70. The van der Waals surface area contributed by atoms with Gasteiger partial charge in [0.2, 0.25) is 0 Å². The van der Waals surface area contributed by atoms with Crippen LogP contribution in [-0.4, -0.2) is 50.3 Å². The first-order valence-corrected chi connectivity index (χ1v) is 6.63. The summed E-state index contributed by atoms with van der Waals surface area (Å²) in [6.45, 7) is 11.2. The third-order valence-electron chi connectivity index (χ3n) is 3.66. The number of rotatable bonds is 6. The lowest BCUT2D eigenvalue weighted by Crippen LogP contribution is -2.44. The van der Waals surface area contributed by atoms with Gasteiger partial charge in [-0.15, -0.1) is 0 Å². The Labute approximate surface area is 101 Å². The number of methoxy groups -OCH3 is 1. The summed E-state index contributed by atoms with van der Waals surface area (Å²) in [6, 6.07) is 1.23. The SMILES string of the molecule is CCN(CC1CCNC(C)C1)C(C)COC. The van der Waals surface area contributed by atoms with Gasteiger partial charge < -0.3 is 10.1 Å². The summed E-state index contributed by atoms with van der Waals surface area (Å²) in [5.74, 6) is 0.857. The number of hydrogen-bond donors (Lipinski definition) is 1. The van der Waals surface area contributed by atoms with Gasteiger partial charge in [-0.1, -0.05) is 6.92 Å². The molecule has 3 unspecified atom stereocenters. The molecular formula is C13H28N2O. The maximum absolute atomic E-state index is 5.24. The number of ether oxygens (including phenoxy) is 1. The summed E-state index contributed by atoms with van der Waals surface area (Å²) in [5, 5.41) is 3.51. The van der Waals surface area contributed by atoms with E-state index in [1.807, 2.05) is 0 Å². The lowest BCUT2D eigenvalue weighted by atomic mass is 9.92. The highest BCUT2D eigenvalue weighted by atomic mass is 16.5. The van der Waals surface area contributed by atoms with Gasteiger partial charge in [0.15, 0.2) is 0 Å². The summed E-state index contributed by atoms with van der Waals surface area (Å²) < 4.78 is 5.24. The number of piperidine rings is 1. The topological polar surface area (TPSA) is 24.5 Å². The number of likely N-dealkylation sites (N-methyl/N-ethyl adjacent to an activating group) is 1. The van der Waals surface area contributed by atoms with E-state index >= 15 is 0 Å². The van der Waals surface area contributed by atoms with Crippen molar-refractivity contribution in [3.63, 3.8) is 0 Å². The van der Waals surface area contributed by atoms with E-state index in [0.717, 1.165) is 19.1 Å². The zero-order chi connectivity index (χ0) is 12.0. The molecule has 3 atom stereocenters. The molecule has 1 rings (SSSR count). The van der Waals surface area contributed by atoms with E-state index in [4.69, 9.17) is 4.74 Å². The predicted octanol–water partition coefficient (Wildman–Crippen LogP) is 1.73. The maximum Gasteiger partial charge on any atom is 0.0615 e. The lowest BCUT2D eigenvalue weighted by molar-refractivity contribution is 0.0846. The van der Waals surface area contributed by atoms with Gasteiger partial charge in [0.05, 0.1) is 6.61 Å². The van der Waals surface area contributed by atoms with Crippen molar-refractivity contribution in [2.24, 2.45) is 5.92 Å². The number of nitrogens with one attached hydrogen (secondary N) is 1. The minimum atomic E-state index is 0.542. The first kappa shape index (κ1) is 13.9. The fourth-order valence-electron chi connectivity index (χ4n) is 2.70. The predicted molar refractivity (Wildman–Crippen MR) is 68.8 cm³/mol. The van der Waals surface area contributed by atoms with Crippen molar-refractivity contribution in [2.45, 2.75) is 45.7 Å². The zero-order valence-corrected chi connectivity index (χ0v) is 11.3. The molecule has 0 aliphatic carbocycles. The van der Waals surface area contributed by atoms with Crippen LogP contribution < -0.4 is 5.32 Å². The Balaban J connectivity index is 2.36. The second-order valence-corrected chi connectivity index (χ2v) is 5.14. The quantitative estimate of drug-likeness (QED) is 0.749. The Morgan fingerprint density at radius 2 is 2.25 bits per heavy atom. The van der Waals surface area contributed by atoms with Crippen LogP contribution in [0.15, 0.2) is 0 Å². The van der Waals surface area contributed by atoms with Gasteiger partial charge in [0.1, 0.15) is 0 Å². The number of hydrogen-bond acceptors (Lipinski definition) is 3. The Morgan fingerprint density at radius 3 is 2.81 bits per heavy atom. The second-order valence-electron chi connectivity index (χ2n) is 5.14. The molecule has 3 nitrogen and oxygen atoms in total. The molecule has 0 aromatic carbocycles. The first-order chi connectivity index (χ1) is 7.67. The van der Waals surface area contributed by atoms with Gasteiger partial charge in [-0.25, -0.2) is 0 Å². The molecule has 1 aliphatic rings. The van der Waals surface area contributed by atoms with E-state index < -0.39 is 0 Å². The van der Waals surface area contributed by atoms with Crippen molar-refractivity contribution in [3.8, 4) is 0 Å². The van der Waals surface area contributed by atoms with Gasteiger partial charge in [0, 0.05) is 25.7 Å². The van der Waals surface area contributed by atoms with Gasteiger partial charge in [-0.05, 0) is 45.7 Å². The molecule has 0 amide bonds. The summed E-state index contributed by atoms with van der Waals surface area (Å²) in [5.41, 5.74) is 0. The van der Waals surface area contributed by atoms with Crippen LogP contribution in [0.5, 0.6) is 0 Å². The molecule has 0 aromatic heterocycles. The molecule has 16 heavy (non-hydrogen) atoms. The third-order valence-corrected chi connectivity index (χ3v) is 3.66. The van der Waals surface area contributed by atoms with Crippen LogP contribution >= 0.6 is 0 Å². The van der Waals surface area contributed by atoms with Crippen LogP contribution in [0.3, 0.4) is 0 Å². The third kappa shape index (κ3) is 4.40.